The molecule has 271 valence electrons. The zero-order valence-corrected chi connectivity index (χ0v) is 35.0. The molecule has 0 spiro atoms. The van der Waals surface area contributed by atoms with E-state index in [9.17, 15) is 9.90 Å². The number of aliphatic hydroxyl groups excluding tert-OH is 1. The van der Waals surface area contributed by atoms with Crippen molar-refractivity contribution in [3.05, 3.63) is 101 Å². The molecule has 1 N–H and O–H groups in total. The number of furan rings is 1. The maximum atomic E-state index is 12.2. The van der Waals surface area contributed by atoms with Gasteiger partial charge in [-0.2, -0.15) is 0 Å². The van der Waals surface area contributed by atoms with Gasteiger partial charge in [-0.05, 0) is 72.6 Å². The van der Waals surface area contributed by atoms with Crippen molar-refractivity contribution in [1.29, 1.82) is 0 Å². The number of benzene rings is 3. The molecule has 6 rings (SSSR count). The standard InChI is InChI=1S/C30H24NOS.C15H28O2.Ir/c1-18-17-33-28-15-20(9-10-22(18)28)27-16-24-26(32-27)11-12-31-29(24)21-13-19-7-5-6-8-23(19)25(14-21)30(2,3)4;1-7-14(5,8-2)12(16)11-13(17)15(6,9-3)10-4;/h5-12,14-17H,1-4H3;11,16H,7-10H2,1-6H3;/q-1;;/b;12-11-;. The SMILES string of the molecule is CCC(C)(CC)C(=O)/C=C(\O)C(C)(CC)CC.Cc1csc2cc(-c3cc4c(-c5[c-]c6ccccc6c(C(C)(C)C)c5)nccc4o3)ccc12.[Ir]. The molecule has 0 aliphatic rings. The van der Waals surface area contributed by atoms with Crippen LogP contribution in [-0.4, -0.2) is 15.9 Å². The number of ketones is 1. The number of aliphatic hydroxyl groups is 1. The summed E-state index contributed by atoms with van der Waals surface area (Å²) in [6.45, 7) is 21.0. The van der Waals surface area contributed by atoms with Gasteiger partial charge >= 0.3 is 0 Å². The molecule has 6 aromatic rings. The molecule has 0 aliphatic heterocycles. The summed E-state index contributed by atoms with van der Waals surface area (Å²) < 4.78 is 7.59. The Hall–Kier alpha value is -3.57. The van der Waals surface area contributed by atoms with Gasteiger partial charge < -0.3 is 9.52 Å². The minimum atomic E-state index is -0.337. The van der Waals surface area contributed by atoms with E-state index in [4.69, 9.17) is 9.40 Å². The van der Waals surface area contributed by atoms with Gasteiger partial charge in [0.15, 0.2) is 5.78 Å². The Bertz CT molecular complexity index is 2170. The molecule has 0 atom stereocenters. The number of hydrogen-bond acceptors (Lipinski definition) is 5. The number of aromatic nitrogens is 1. The number of carbonyl (C=O) groups is 1. The first-order valence-corrected chi connectivity index (χ1v) is 18.8. The number of allylic oxidation sites excluding steroid dienone is 2. The fourth-order valence-electron chi connectivity index (χ4n) is 6.30. The van der Waals surface area contributed by atoms with Crippen LogP contribution in [0.3, 0.4) is 0 Å². The molecular weight excluding hydrogens is 827 g/mol. The molecule has 3 heterocycles. The molecule has 0 saturated carbocycles. The first kappa shape index (κ1) is 40.2. The van der Waals surface area contributed by atoms with Crippen molar-refractivity contribution in [1.82, 2.24) is 4.98 Å². The maximum Gasteiger partial charge on any atom is 0.164 e. The smallest absolute Gasteiger partial charge is 0.164 e. The Balaban J connectivity index is 0.000000279. The van der Waals surface area contributed by atoms with Crippen molar-refractivity contribution >= 4 is 48.9 Å². The quantitative estimate of drug-likeness (QED) is 0.0893. The van der Waals surface area contributed by atoms with Crippen LogP contribution >= 0.6 is 11.3 Å². The molecule has 0 bridgehead atoms. The molecule has 0 amide bonds. The summed E-state index contributed by atoms with van der Waals surface area (Å²) in [7, 11) is 0. The van der Waals surface area contributed by atoms with Crippen LogP contribution in [0.25, 0.3) is 54.4 Å². The summed E-state index contributed by atoms with van der Waals surface area (Å²) in [5.74, 6) is 1.15. The van der Waals surface area contributed by atoms with Crippen molar-refractivity contribution < 1.29 is 34.4 Å². The number of hydrogen-bond donors (Lipinski definition) is 1. The number of nitrogens with zero attached hydrogens (tertiary/aromatic N) is 1. The summed E-state index contributed by atoms with van der Waals surface area (Å²) in [4.78, 5) is 17.0. The van der Waals surface area contributed by atoms with Crippen molar-refractivity contribution in [2.24, 2.45) is 10.8 Å². The molecule has 0 saturated heterocycles. The van der Waals surface area contributed by atoms with Gasteiger partial charge in [-0.3, -0.25) is 9.78 Å². The second-order valence-electron chi connectivity index (χ2n) is 15.1. The van der Waals surface area contributed by atoms with E-state index in [-0.39, 0.29) is 47.9 Å². The normalized spacial score (nSPS) is 12.5. The summed E-state index contributed by atoms with van der Waals surface area (Å²) >= 11 is 1.78. The van der Waals surface area contributed by atoms with E-state index in [1.807, 2.05) is 53.8 Å². The second kappa shape index (κ2) is 16.0. The fraction of sp³-hybridized carbons (Fsp3) is 0.378. The van der Waals surface area contributed by atoms with E-state index in [0.717, 1.165) is 64.6 Å². The van der Waals surface area contributed by atoms with E-state index >= 15 is 0 Å². The van der Waals surface area contributed by atoms with Gasteiger partial charge in [-0.15, -0.1) is 40.5 Å². The molecule has 6 heteroatoms. The molecule has 4 nitrogen and oxygen atoms in total. The predicted molar refractivity (Wildman–Crippen MR) is 213 cm³/mol. The number of fused-ring (bicyclic) bond motifs is 3. The Labute approximate surface area is 321 Å². The summed E-state index contributed by atoms with van der Waals surface area (Å²) in [6, 6.07) is 25.0. The van der Waals surface area contributed by atoms with Crippen LogP contribution in [0.2, 0.25) is 0 Å². The number of aryl methyl sites for hydroxylation is 1. The van der Waals surface area contributed by atoms with Crippen LogP contribution in [0.15, 0.2) is 88.5 Å². The zero-order valence-electron chi connectivity index (χ0n) is 31.8. The molecular formula is C45H52IrNO3S-. The number of pyridine rings is 1. The Kier molecular flexibility index (Phi) is 12.6. The predicted octanol–water partition coefficient (Wildman–Crippen LogP) is 13.6. The average Bonchev–Trinajstić information content (AvgIpc) is 3.73. The average molecular weight is 879 g/mol. The number of thiophene rings is 1. The molecule has 1 radical (unpaired) electrons. The van der Waals surface area contributed by atoms with Crippen LogP contribution in [-0.2, 0) is 30.3 Å². The van der Waals surface area contributed by atoms with E-state index in [0.29, 0.717) is 0 Å². The van der Waals surface area contributed by atoms with Gasteiger partial charge in [0, 0.05) is 64.6 Å². The van der Waals surface area contributed by atoms with Crippen molar-refractivity contribution in [2.75, 3.05) is 0 Å². The van der Waals surface area contributed by atoms with Crippen molar-refractivity contribution in [3.63, 3.8) is 0 Å². The number of rotatable bonds is 9. The van der Waals surface area contributed by atoms with E-state index in [1.54, 1.807) is 11.3 Å². The summed E-state index contributed by atoms with van der Waals surface area (Å²) in [5.41, 5.74) is 5.86. The van der Waals surface area contributed by atoms with E-state index < -0.39 is 0 Å². The monoisotopic (exact) mass is 879 g/mol. The van der Waals surface area contributed by atoms with Crippen molar-refractivity contribution in [2.45, 2.75) is 100 Å². The van der Waals surface area contributed by atoms with E-state index in [2.05, 4.69) is 93.7 Å². The summed E-state index contributed by atoms with van der Waals surface area (Å²) in [6.07, 6.45) is 6.58. The third kappa shape index (κ3) is 8.25. The minimum absolute atomic E-state index is 0. The van der Waals surface area contributed by atoms with Gasteiger partial charge in [-0.25, -0.2) is 0 Å². The third-order valence-electron chi connectivity index (χ3n) is 10.9. The van der Waals surface area contributed by atoms with Crippen LogP contribution in [0, 0.1) is 23.8 Å². The van der Waals surface area contributed by atoms with Gasteiger partial charge in [-0.1, -0.05) is 104 Å². The second-order valence-corrected chi connectivity index (χ2v) is 16.0. The molecule has 3 aromatic heterocycles. The van der Waals surface area contributed by atoms with Crippen molar-refractivity contribution in [3.8, 4) is 22.6 Å². The largest absolute Gasteiger partial charge is 0.512 e. The molecule has 51 heavy (non-hydrogen) atoms. The maximum absolute atomic E-state index is 12.2. The molecule has 0 fully saturated rings. The first-order valence-electron chi connectivity index (χ1n) is 18.0. The molecule has 0 unspecified atom stereocenters. The molecule has 3 aromatic carbocycles. The zero-order chi connectivity index (χ0) is 36.4. The fourth-order valence-corrected chi connectivity index (χ4v) is 7.28. The van der Waals surface area contributed by atoms with Crippen LogP contribution in [0.1, 0.15) is 99.1 Å². The Morgan fingerprint density at radius 2 is 1.53 bits per heavy atom. The van der Waals surface area contributed by atoms with Gasteiger partial charge in [0.25, 0.3) is 0 Å². The Morgan fingerprint density at radius 3 is 2.18 bits per heavy atom. The molecule has 0 aliphatic carbocycles. The van der Waals surface area contributed by atoms with Gasteiger partial charge in [0.05, 0.1) is 0 Å². The number of carbonyl (C=O) groups excluding carboxylic acids is 1. The van der Waals surface area contributed by atoms with Crippen LogP contribution in [0.5, 0.6) is 0 Å². The van der Waals surface area contributed by atoms with E-state index in [1.165, 1.54) is 32.7 Å². The minimum Gasteiger partial charge on any atom is -0.512 e. The first-order chi connectivity index (χ1) is 23.7. The third-order valence-corrected chi connectivity index (χ3v) is 12.0. The van der Waals surface area contributed by atoms with Gasteiger partial charge in [0.2, 0.25) is 0 Å². The van der Waals surface area contributed by atoms with Crippen LogP contribution < -0.4 is 0 Å². The topological polar surface area (TPSA) is 63.3 Å². The Morgan fingerprint density at radius 1 is 0.863 bits per heavy atom. The van der Waals surface area contributed by atoms with Gasteiger partial charge in [0.1, 0.15) is 17.1 Å². The van der Waals surface area contributed by atoms with Crippen LogP contribution in [0.4, 0.5) is 0 Å². The summed E-state index contributed by atoms with van der Waals surface area (Å²) in [5, 5.41) is 17.0.